The van der Waals surface area contributed by atoms with Crippen molar-refractivity contribution in [2.45, 2.75) is 51.0 Å². The van der Waals surface area contributed by atoms with Crippen LogP contribution in [0.3, 0.4) is 0 Å². The van der Waals surface area contributed by atoms with Crippen molar-refractivity contribution in [2.24, 2.45) is 5.92 Å². The molecule has 0 spiro atoms. The van der Waals surface area contributed by atoms with Crippen molar-refractivity contribution < 1.29 is 4.79 Å². The third kappa shape index (κ3) is 4.68. The number of nitrogens with one attached hydrogen (secondary N) is 1. The fourth-order valence-corrected chi connectivity index (χ4v) is 4.41. The second-order valence-electron chi connectivity index (χ2n) is 7.97. The first-order chi connectivity index (χ1) is 13.3. The van der Waals surface area contributed by atoms with E-state index in [4.69, 9.17) is 0 Å². The number of anilines is 1. The van der Waals surface area contributed by atoms with Crippen LogP contribution in [-0.2, 0) is 6.42 Å². The molecular weight excluding hydrogens is 334 g/mol. The molecule has 0 unspecified atom stereocenters. The van der Waals surface area contributed by atoms with Gasteiger partial charge in [-0.3, -0.25) is 9.78 Å². The van der Waals surface area contributed by atoms with Crippen molar-refractivity contribution >= 4 is 11.6 Å². The molecule has 1 saturated carbocycles. The summed E-state index contributed by atoms with van der Waals surface area (Å²) in [7, 11) is 0. The molecule has 2 aromatic rings. The van der Waals surface area contributed by atoms with E-state index in [0.29, 0.717) is 11.7 Å². The van der Waals surface area contributed by atoms with Gasteiger partial charge in [-0.25, -0.2) is 0 Å². The van der Waals surface area contributed by atoms with Crippen LogP contribution >= 0.6 is 0 Å². The van der Waals surface area contributed by atoms with Crippen molar-refractivity contribution in [2.75, 3.05) is 18.0 Å². The summed E-state index contributed by atoms with van der Waals surface area (Å²) in [6, 6.07) is 15.1. The Morgan fingerprint density at radius 1 is 1.04 bits per heavy atom. The van der Waals surface area contributed by atoms with Crippen LogP contribution in [0.25, 0.3) is 0 Å². The van der Waals surface area contributed by atoms with Crippen LogP contribution in [0.2, 0.25) is 0 Å². The van der Waals surface area contributed by atoms with Gasteiger partial charge < -0.3 is 10.2 Å². The molecular formula is C23H29N3O. The van der Waals surface area contributed by atoms with Gasteiger partial charge in [0.05, 0.1) is 0 Å². The molecule has 2 aliphatic rings. The van der Waals surface area contributed by atoms with E-state index < -0.39 is 0 Å². The maximum Gasteiger partial charge on any atom is 0.270 e. The van der Waals surface area contributed by atoms with Crippen molar-refractivity contribution in [3.8, 4) is 0 Å². The van der Waals surface area contributed by atoms with Crippen LogP contribution in [0.5, 0.6) is 0 Å². The predicted molar refractivity (Wildman–Crippen MR) is 109 cm³/mol. The molecule has 1 saturated heterocycles. The van der Waals surface area contributed by atoms with Crippen LogP contribution in [0.1, 0.15) is 54.6 Å². The highest BCUT2D eigenvalue weighted by atomic mass is 16.1. The van der Waals surface area contributed by atoms with Gasteiger partial charge in [0.1, 0.15) is 5.69 Å². The molecule has 1 aliphatic carbocycles. The van der Waals surface area contributed by atoms with E-state index in [1.165, 1.54) is 37.7 Å². The lowest BCUT2D eigenvalue weighted by atomic mass is 9.90. The lowest BCUT2D eigenvalue weighted by Gasteiger charge is -2.33. The molecule has 4 heteroatoms. The normalized spacial score (nSPS) is 18.6. The number of nitrogens with zero attached hydrogens (tertiary/aromatic N) is 2. The molecule has 2 fully saturated rings. The third-order valence-corrected chi connectivity index (χ3v) is 6.01. The summed E-state index contributed by atoms with van der Waals surface area (Å²) in [4.78, 5) is 19.2. The van der Waals surface area contributed by atoms with Gasteiger partial charge in [0.2, 0.25) is 0 Å². The van der Waals surface area contributed by atoms with Gasteiger partial charge >= 0.3 is 0 Å². The van der Waals surface area contributed by atoms with E-state index in [1.807, 2.05) is 12.1 Å². The minimum absolute atomic E-state index is 0.0253. The minimum atomic E-state index is -0.0253. The van der Waals surface area contributed by atoms with E-state index in [2.05, 4.69) is 45.5 Å². The molecule has 0 atom stereocenters. The largest absolute Gasteiger partial charge is 0.371 e. The molecule has 142 valence electrons. The van der Waals surface area contributed by atoms with Crippen LogP contribution in [0.15, 0.2) is 48.7 Å². The minimum Gasteiger partial charge on any atom is -0.371 e. The van der Waals surface area contributed by atoms with E-state index in [-0.39, 0.29) is 5.91 Å². The molecule has 0 radical (unpaired) electrons. The Morgan fingerprint density at radius 3 is 2.52 bits per heavy atom. The Kier molecular flexibility index (Phi) is 5.71. The Hall–Kier alpha value is -2.36. The summed E-state index contributed by atoms with van der Waals surface area (Å²) in [5.74, 6) is 0.721. The first-order valence-corrected chi connectivity index (χ1v) is 10.3. The second kappa shape index (κ2) is 8.55. The fourth-order valence-electron chi connectivity index (χ4n) is 4.41. The molecule has 4 nitrogen and oxygen atoms in total. The highest BCUT2D eigenvalue weighted by Crippen LogP contribution is 2.26. The lowest BCUT2D eigenvalue weighted by Crippen LogP contribution is -2.35. The predicted octanol–water partition coefficient (Wildman–Crippen LogP) is 4.21. The van der Waals surface area contributed by atoms with Crippen molar-refractivity contribution in [1.29, 1.82) is 0 Å². The average Bonchev–Trinajstić information content (AvgIpc) is 3.22. The average molecular weight is 364 g/mol. The maximum absolute atomic E-state index is 12.5. The number of hydrogen-bond donors (Lipinski definition) is 1. The van der Waals surface area contributed by atoms with Crippen LogP contribution in [0.4, 0.5) is 5.69 Å². The lowest BCUT2D eigenvalue weighted by molar-refractivity contribution is 0.0933. The molecule has 0 bridgehead atoms. The number of hydrogen-bond acceptors (Lipinski definition) is 3. The van der Waals surface area contributed by atoms with E-state index in [1.54, 1.807) is 6.20 Å². The van der Waals surface area contributed by atoms with Gasteiger partial charge in [-0.1, -0.05) is 43.2 Å². The van der Waals surface area contributed by atoms with Gasteiger partial charge in [-0.2, -0.15) is 0 Å². The summed E-state index contributed by atoms with van der Waals surface area (Å²) >= 11 is 0. The zero-order valence-electron chi connectivity index (χ0n) is 15.9. The maximum atomic E-state index is 12.5. The number of pyridine rings is 1. The summed E-state index contributed by atoms with van der Waals surface area (Å²) < 4.78 is 0. The Bertz CT molecular complexity index is 747. The Balaban J connectivity index is 1.33. The number of aromatic nitrogens is 1. The van der Waals surface area contributed by atoms with Crippen molar-refractivity contribution in [1.82, 2.24) is 10.3 Å². The summed E-state index contributed by atoms with van der Waals surface area (Å²) in [6.07, 6.45) is 9.96. The molecule has 4 rings (SSSR count). The number of carbonyl (C=O) groups is 1. The summed E-state index contributed by atoms with van der Waals surface area (Å²) in [5, 5.41) is 3.14. The molecule has 1 aromatic heterocycles. The number of benzene rings is 1. The second-order valence-corrected chi connectivity index (χ2v) is 7.97. The van der Waals surface area contributed by atoms with Crippen LogP contribution < -0.4 is 10.2 Å². The first kappa shape index (κ1) is 18.0. The summed E-state index contributed by atoms with van der Waals surface area (Å²) in [5.41, 5.74) is 3.11. The number of amides is 1. The SMILES string of the molecule is O=C(NC1CCCC1)c1cc(N2CCC(Cc3ccccc3)CC2)ccn1. The highest BCUT2D eigenvalue weighted by Gasteiger charge is 2.22. The first-order valence-electron chi connectivity index (χ1n) is 10.3. The smallest absolute Gasteiger partial charge is 0.270 e. The quantitative estimate of drug-likeness (QED) is 0.865. The molecule has 1 aromatic carbocycles. The van der Waals surface area contributed by atoms with Gasteiger partial charge in [0.25, 0.3) is 5.91 Å². The third-order valence-electron chi connectivity index (χ3n) is 6.01. The monoisotopic (exact) mass is 363 g/mol. The van der Waals surface area contributed by atoms with Crippen LogP contribution in [-0.4, -0.2) is 30.0 Å². The van der Waals surface area contributed by atoms with Gasteiger partial charge in [-0.15, -0.1) is 0 Å². The Labute approximate surface area is 162 Å². The number of rotatable bonds is 5. The molecule has 1 N–H and O–H groups in total. The van der Waals surface area contributed by atoms with Crippen molar-refractivity contribution in [3.05, 3.63) is 59.9 Å². The van der Waals surface area contributed by atoms with E-state index in [9.17, 15) is 4.79 Å². The molecule has 1 amide bonds. The molecule has 1 aliphatic heterocycles. The molecule has 27 heavy (non-hydrogen) atoms. The molecule has 2 heterocycles. The van der Waals surface area contributed by atoms with E-state index in [0.717, 1.165) is 37.5 Å². The van der Waals surface area contributed by atoms with Gasteiger partial charge in [0, 0.05) is 31.0 Å². The summed E-state index contributed by atoms with van der Waals surface area (Å²) in [6.45, 7) is 2.09. The standard InChI is InChI=1S/C23H29N3O/c27-23(25-20-8-4-5-9-20)22-17-21(10-13-24-22)26-14-11-19(12-15-26)16-18-6-2-1-3-7-18/h1-3,6-7,10,13,17,19-20H,4-5,8-9,11-12,14-16H2,(H,25,27). The topological polar surface area (TPSA) is 45.2 Å². The highest BCUT2D eigenvalue weighted by molar-refractivity contribution is 5.93. The van der Waals surface area contributed by atoms with Gasteiger partial charge in [0.15, 0.2) is 0 Å². The number of piperidine rings is 1. The number of carbonyl (C=O) groups excluding carboxylic acids is 1. The van der Waals surface area contributed by atoms with E-state index >= 15 is 0 Å². The van der Waals surface area contributed by atoms with Crippen LogP contribution in [0, 0.1) is 5.92 Å². The zero-order chi connectivity index (χ0) is 18.5. The fraction of sp³-hybridized carbons (Fsp3) is 0.478. The Morgan fingerprint density at radius 2 is 1.78 bits per heavy atom. The zero-order valence-corrected chi connectivity index (χ0v) is 15.9. The van der Waals surface area contributed by atoms with Gasteiger partial charge in [-0.05, 0) is 55.7 Å². The van der Waals surface area contributed by atoms with Crippen molar-refractivity contribution in [3.63, 3.8) is 0 Å².